The van der Waals surface area contributed by atoms with Gasteiger partial charge in [0, 0.05) is 13.0 Å². The molecule has 0 saturated carbocycles. The van der Waals surface area contributed by atoms with Crippen molar-refractivity contribution in [1.29, 1.82) is 0 Å². The quantitative estimate of drug-likeness (QED) is 0.328. The maximum Gasteiger partial charge on any atom is 0.111 e. The molecule has 0 aliphatic carbocycles. The fraction of sp³-hybridized carbons (Fsp3) is 0.364. The first kappa shape index (κ1) is 10.7. The molecule has 0 spiro atoms. The molecule has 0 amide bonds. The minimum Gasteiger partial charge on any atom is -0.312 e. The number of hydrogen-bond acceptors (Lipinski definition) is 2. The molecule has 1 aromatic carbocycles. The Morgan fingerprint density at radius 2 is 2.07 bits per heavy atom. The smallest absolute Gasteiger partial charge is 0.111 e. The second kappa shape index (κ2) is 6.16. The van der Waals surface area contributed by atoms with Gasteiger partial charge in [0.15, 0.2) is 0 Å². The van der Waals surface area contributed by atoms with Gasteiger partial charge in [0.1, 0.15) is 5.84 Å². The van der Waals surface area contributed by atoms with Gasteiger partial charge in [-0.25, -0.2) is 5.84 Å². The van der Waals surface area contributed by atoms with Gasteiger partial charge in [-0.3, -0.25) is 4.99 Å². The Morgan fingerprint density at radius 1 is 1.36 bits per heavy atom. The van der Waals surface area contributed by atoms with Crippen LogP contribution in [0, 0.1) is 0 Å². The Morgan fingerprint density at radius 3 is 2.64 bits per heavy atom. The molecule has 0 saturated heterocycles. The van der Waals surface area contributed by atoms with E-state index < -0.39 is 0 Å². The van der Waals surface area contributed by atoms with Crippen LogP contribution in [-0.4, -0.2) is 12.4 Å². The fourth-order valence-corrected chi connectivity index (χ4v) is 1.30. The van der Waals surface area contributed by atoms with Gasteiger partial charge in [0.05, 0.1) is 0 Å². The summed E-state index contributed by atoms with van der Waals surface area (Å²) in [5, 5.41) is 0. The van der Waals surface area contributed by atoms with E-state index in [4.69, 9.17) is 5.84 Å². The molecule has 0 bridgehead atoms. The van der Waals surface area contributed by atoms with Crippen LogP contribution < -0.4 is 11.3 Å². The summed E-state index contributed by atoms with van der Waals surface area (Å²) in [7, 11) is 0. The zero-order valence-corrected chi connectivity index (χ0v) is 8.53. The van der Waals surface area contributed by atoms with Gasteiger partial charge >= 0.3 is 0 Å². The minimum atomic E-state index is 0.772. The van der Waals surface area contributed by atoms with E-state index in [1.807, 2.05) is 25.1 Å². The third-order valence-electron chi connectivity index (χ3n) is 2.01. The highest BCUT2D eigenvalue weighted by atomic mass is 15.2. The Balaban J connectivity index is 2.44. The molecule has 1 rings (SSSR count). The molecule has 3 nitrogen and oxygen atoms in total. The summed E-state index contributed by atoms with van der Waals surface area (Å²) < 4.78 is 0. The SMILES string of the molecule is CCN=C(CCc1ccccc1)NN. The maximum absolute atomic E-state index is 5.34. The van der Waals surface area contributed by atoms with Crippen LogP contribution in [0.15, 0.2) is 35.3 Å². The molecule has 0 atom stereocenters. The number of rotatable bonds is 4. The lowest BCUT2D eigenvalue weighted by molar-refractivity contribution is 0.907. The van der Waals surface area contributed by atoms with Crippen LogP contribution in [0.1, 0.15) is 18.9 Å². The molecule has 76 valence electrons. The largest absolute Gasteiger partial charge is 0.312 e. The zero-order chi connectivity index (χ0) is 10.2. The summed E-state index contributed by atoms with van der Waals surface area (Å²) in [6.45, 7) is 2.77. The number of nitrogens with one attached hydrogen (secondary N) is 1. The average molecular weight is 191 g/mol. The molecule has 0 aromatic heterocycles. The van der Waals surface area contributed by atoms with E-state index in [2.05, 4.69) is 22.6 Å². The lowest BCUT2D eigenvalue weighted by atomic mass is 10.1. The number of hydrogen-bond donors (Lipinski definition) is 2. The second-order valence-electron chi connectivity index (χ2n) is 3.05. The van der Waals surface area contributed by atoms with Crippen molar-refractivity contribution in [3.05, 3.63) is 35.9 Å². The predicted octanol–water partition coefficient (Wildman–Crippen LogP) is 1.50. The zero-order valence-electron chi connectivity index (χ0n) is 8.53. The van der Waals surface area contributed by atoms with E-state index in [-0.39, 0.29) is 0 Å². The molecular weight excluding hydrogens is 174 g/mol. The summed E-state index contributed by atoms with van der Waals surface area (Å²) in [5.74, 6) is 6.21. The van der Waals surface area contributed by atoms with E-state index in [0.29, 0.717) is 0 Å². The summed E-state index contributed by atoms with van der Waals surface area (Å²) in [6, 6.07) is 10.3. The molecule has 0 fully saturated rings. The Bertz CT molecular complexity index is 280. The van der Waals surface area contributed by atoms with Crippen LogP contribution >= 0.6 is 0 Å². The molecule has 3 heteroatoms. The van der Waals surface area contributed by atoms with Gasteiger partial charge in [0.2, 0.25) is 0 Å². The number of nitrogens with zero attached hydrogens (tertiary/aromatic N) is 1. The number of nitrogens with two attached hydrogens (primary N) is 1. The molecule has 0 radical (unpaired) electrons. The lowest BCUT2D eigenvalue weighted by Gasteiger charge is -2.04. The highest BCUT2D eigenvalue weighted by molar-refractivity contribution is 5.81. The van der Waals surface area contributed by atoms with Crippen LogP contribution in [0.4, 0.5) is 0 Å². The Labute approximate surface area is 85.0 Å². The van der Waals surface area contributed by atoms with Gasteiger partial charge in [-0.1, -0.05) is 30.3 Å². The van der Waals surface area contributed by atoms with Crippen molar-refractivity contribution in [3.63, 3.8) is 0 Å². The van der Waals surface area contributed by atoms with Crippen molar-refractivity contribution in [1.82, 2.24) is 5.43 Å². The first-order valence-corrected chi connectivity index (χ1v) is 4.90. The van der Waals surface area contributed by atoms with Crippen molar-refractivity contribution in [2.45, 2.75) is 19.8 Å². The number of amidine groups is 1. The monoisotopic (exact) mass is 191 g/mol. The van der Waals surface area contributed by atoms with Gasteiger partial charge < -0.3 is 5.43 Å². The molecular formula is C11H17N3. The number of benzene rings is 1. The summed E-state index contributed by atoms with van der Waals surface area (Å²) in [5.41, 5.74) is 3.93. The first-order chi connectivity index (χ1) is 6.86. The topological polar surface area (TPSA) is 50.4 Å². The molecule has 0 heterocycles. The minimum absolute atomic E-state index is 0.772. The molecule has 0 unspecified atom stereocenters. The van der Waals surface area contributed by atoms with E-state index in [9.17, 15) is 0 Å². The Hall–Kier alpha value is -1.35. The van der Waals surface area contributed by atoms with Crippen molar-refractivity contribution in [3.8, 4) is 0 Å². The van der Waals surface area contributed by atoms with Crippen molar-refractivity contribution in [2.24, 2.45) is 10.8 Å². The van der Waals surface area contributed by atoms with E-state index >= 15 is 0 Å². The molecule has 3 N–H and O–H groups in total. The van der Waals surface area contributed by atoms with Crippen LogP contribution in [0.5, 0.6) is 0 Å². The third kappa shape index (κ3) is 3.58. The highest BCUT2D eigenvalue weighted by Gasteiger charge is 1.96. The van der Waals surface area contributed by atoms with Gasteiger partial charge in [0.25, 0.3) is 0 Å². The molecule has 14 heavy (non-hydrogen) atoms. The second-order valence-corrected chi connectivity index (χ2v) is 3.05. The van der Waals surface area contributed by atoms with Gasteiger partial charge in [-0.15, -0.1) is 0 Å². The van der Waals surface area contributed by atoms with Crippen LogP contribution in [0.3, 0.4) is 0 Å². The van der Waals surface area contributed by atoms with Crippen LogP contribution in [0.2, 0.25) is 0 Å². The van der Waals surface area contributed by atoms with E-state index in [1.54, 1.807) is 0 Å². The molecule has 0 aliphatic heterocycles. The van der Waals surface area contributed by atoms with Crippen LogP contribution in [0.25, 0.3) is 0 Å². The fourth-order valence-electron chi connectivity index (χ4n) is 1.30. The third-order valence-corrected chi connectivity index (χ3v) is 2.01. The normalized spacial score (nSPS) is 11.4. The number of aliphatic imine (C=N–C) groups is 1. The van der Waals surface area contributed by atoms with E-state index in [0.717, 1.165) is 25.2 Å². The highest BCUT2D eigenvalue weighted by Crippen LogP contribution is 2.02. The Kier molecular flexibility index (Phi) is 4.72. The number of aryl methyl sites for hydroxylation is 1. The van der Waals surface area contributed by atoms with Gasteiger partial charge in [-0.05, 0) is 18.9 Å². The maximum atomic E-state index is 5.34. The average Bonchev–Trinajstić information content (AvgIpc) is 2.25. The van der Waals surface area contributed by atoms with Crippen molar-refractivity contribution >= 4 is 5.84 Å². The summed E-state index contributed by atoms with van der Waals surface area (Å²) >= 11 is 0. The first-order valence-electron chi connectivity index (χ1n) is 4.90. The molecule has 1 aromatic rings. The van der Waals surface area contributed by atoms with Crippen molar-refractivity contribution in [2.75, 3.05) is 6.54 Å². The standard InChI is InChI=1S/C11H17N3/c1-2-13-11(14-12)9-8-10-6-4-3-5-7-10/h3-7H,2,8-9,12H2,1H3,(H,13,14). The molecule has 0 aliphatic rings. The summed E-state index contributed by atoms with van der Waals surface area (Å²) in [6.07, 6.45) is 1.85. The predicted molar refractivity (Wildman–Crippen MR) is 60.1 cm³/mol. The number of hydrazine groups is 1. The van der Waals surface area contributed by atoms with Crippen LogP contribution in [-0.2, 0) is 6.42 Å². The van der Waals surface area contributed by atoms with Gasteiger partial charge in [-0.2, -0.15) is 0 Å². The summed E-state index contributed by atoms with van der Waals surface area (Å²) in [4.78, 5) is 4.24. The van der Waals surface area contributed by atoms with Crippen molar-refractivity contribution < 1.29 is 0 Å². The van der Waals surface area contributed by atoms with E-state index in [1.165, 1.54) is 5.56 Å². The lowest BCUT2D eigenvalue weighted by Crippen LogP contribution is -2.30.